The highest BCUT2D eigenvalue weighted by atomic mass is 32.1. The number of nitrogens with two attached hydrogens (primary N) is 1. The lowest BCUT2D eigenvalue weighted by atomic mass is 9.85. The molecular weight excluding hydrogens is 256 g/mol. The molecule has 1 aromatic rings. The van der Waals surface area contributed by atoms with E-state index < -0.39 is 0 Å². The summed E-state index contributed by atoms with van der Waals surface area (Å²) in [6, 6.07) is 2.25. The van der Waals surface area contributed by atoms with Crippen molar-refractivity contribution in [1.29, 1.82) is 0 Å². The normalized spacial score (nSPS) is 19.4. The molecule has 3 N–H and O–H groups in total. The fourth-order valence-corrected chi connectivity index (χ4v) is 4.11. The number of rotatable bonds is 4. The van der Waals surface area contributed by atoms with Gasteiger partial charge in [0.05, 0.1) is 11.5 Å². The Labute approximate surface area is 119 Å². The minimum absolute atomic E-state index is 0.0708. The molecule has 1 fully saturated rings. The van der Waals surface area contributed by atoms with Crippen LogP contribution in [0.1, 0.15) is 54.0 Å². The molecule has 1 aliphatic carbocycles. The zero-order valence-corrected chi connectivity index (χ0v) is 12.9. The van der Waals surface area contributed by atoms with Gasteiger partial charge in [0.15, 0.2) is 0 Å². The summed E-state index contributed by atoms with van der Waals surface area (Å²) in [4.78, 5) is 15.1. The van der Waals surface area contributed by atoms with E-state index in [2.05, 4.69) is 32.2 Å². The molecule has 1 aromatic heterocycles. The molecule has 0 bridgehead atoms. The number of carbonyl (C=O) groups excluding carboxylic acids is 1. The number of nitrogens with one attached hydrogen (secondary N) is 1. The molecule has 0 spiro atoms. The Morgan fingerprint density at radius 2 is 2.11 bits per heavy atom. The van der Waals surface area contributed by atoms with Gasteiger partial charge < -0.3 is 11.1 Å². The van der Waals surface area contributed by atoms with Crippen molar-refractivity contribution in [2.75, 3.05) is 6.54 Å². The molecule has 1 heterocycles. The largest absolute Gasteiger partial charge is 0.349 e. The molecule has 0 aromatic carbocycles. The van der Waals surface area contributed by atoms with Crippen LogP contribution < -0.4 is 11.1 Å². The van der Waals surface area contributed by atoms with Gasteiger partial charge in [0.1, 0.15) is 0 Å². The van der Waals surface area contributed by atoms with Crippen LogP contribution in [0.3, 0.4) is 0 Å². The summed E-state index contributed by atoms with van der Waals surface area (Å²) >= 11 is 1.79. The molecule has 19 heavy (non-hydrogen) atoms. The number of thiophene rings is 1. The van der Waals surface area contributed by atoms with E-state index in [0.29, 0.717) is 6.54 Å². The number of hydrogen-bond acceptors (Lipinski definition) is 3. The molecular formula is C15H24N2OS. The molecule has 1 amide bonds. The Morgan fingerprint density at radius 1 is 1.47 bits per heavy atom. The maximum Gasteiger partial charge on any atom is 0.227 e. The van der Waals surface area contributed by atoms with Crippen LogP contribution in [0.15, 0.2) is 6.07 Å². The Bertz CT molecular complexity index is 461. The Balaban J connectivity index is 2.08. The molecule has 0 saturated heterocycles. The van der Waals surface area contributed by atoms with Gasteiger partial charge in [0.25, 0.3) is 0 Å². The fourth-order valence-electron chi connectivity index (χ4n) is 3.08. The topological polar surface area (TPSA) is 55.1 Å². The average molecular weight is 280 g/mol. The predicted molar refractivity (Wildman–Crippen MR) is 80.3 cm³/mol. The van der Waals surface area contributed by atoms with E-state index in [9.17, 15) is 4.79 Å². The lowest BCUT2D eigenvalue weighted by Gasteiger charge is -2.28. The van der Waals surface area contributed by atoms with Crippen LogP contribution >= 0.6 is 11.3 Å². The van der Waals surface area contributed by atoms with Crippen LogP contribution in [-0.4, -0.2) is 12.5 Å². The molecule has 1 aliphatic rings. The SMILES string of the molecule is Cc1cc(C(C)NC(=O)C2(CN)CCCC2)c(C)s1. The van der Waals surface area contributed by atoms with Crippen LogP contribution in [0, 0.1) is 19.3 Å². The quantitative estimate of drug-likeness (QED) is 0.890. The maximum absolute atomic E-state index is 12.5. The summed E-state index contributed by atoms with van der Waals surface area (Å²) in [6.45, 7) is 6.75. The van der Waals surface area contributed by atoms with Crippen molar-refractivity contribution in [3.05, 3.63) is 21.4 Å². The maximum atomic E-state index is 12.5. The van der Waals surface area contributed by atoms with Gasteiger partial charge in [-0.25, -0.2) is 0 Å². The van der Waals surface area contributed by atoms with Gasteiger partial charge in [-0.2, -0.15) is 0 Å². The van der Waals surface area contributed by atoms with Crippen molar-refractivity contribution in [2.24, 2.45) is 11.1 Å². The first-order valence-corrected chi connectivity index (χ1v) is 7.88. The summed E-state index contributed by atoms with van der Waals surface area (Å²) in [6.07, 6.45) is 4.11. The average Bonchev–Trinajstić information content (AvgIpc) is 2.96. The summed E-state index contributed by atoms with van der Waals surface area (Å²) in [5.74, 6) is 0.142. The Kier molecular flexibility index (Phi) is 4.31. The van der Waals surface area contributed by atoms with Crippen LogP contribution in [0.25, 0.3) is 0 Å². The van der Waals surface area contributed by atoms with Gasteiger partial charge in [0.2, 0.25) is 5.91 Å². The van der Waals surface area contributed by atoms with Gasteiger partial charge in [0, 0.05) is 16.3 Å². The van der Waals surface area contributed by atoms with Crippen LogP contribution in [0.4, 0.5) is 0 Å². The first-order valence-electron chi connectivity index (χ1n) is 7.06. The predicted octanol–water partition coefficient (Wildman–Crippen LogP) is 3.06. The molecule has 106 valence electrons. The molecule has 1 unspecified atom stereocenters. The van der Waals surface area contributed by atoms with E-state index >= 15 is 0 Å². The lowest BCUT2D eigenvalue weighted by Crippen LogP contribution is -2.45. The monoisotopic (exact) mass is 280 g/mol. The van der Waals surface area contributed by atoms with Gasteiger partial charge in [-0.05, 0) is 45.2 Å². The summed E-state index contributed by atoms with van der Waals surface area (Å²) in [7, 11) is 0. The van der Waals surface area contributed by atoms with Gasteiger partial charge in [-0.15, -0.1) is 11.3 Å². The molecule has 0 radical (unpaired) electrons. The van der Waals surface area contributed by atoms with Crippen molar-refractivity contribution < 1.29 is 4.79 Å². The van der Waals surface area contributed by atoms with Crippen LogP contribution in [0.2, 0.25) is 0 Å². The van der Waals surface area contributed by atoms with E-state index in [1.807, 2.05) is 0 Å². The van der Waals surface area contributed by atoms with Crippen LogP contribution in [0.5, 0.6) is 0 Å². The second kappa shape index (κ2) is 5.63. The van der Waals surface area contributed by atoms with E-state index in [1.54, 1.807) is 11.3 Å². The highest BCUT2D eigenvalue weighted by Gasteiger charge is 2.40. The highest BCUT2D eigenvalue weighted by molar-refractivity contribution is 7.12. The smallest absolute Gasteiger partial charge is 0.227 e. The van der Waals surface area contributed by atoms with Crippen molar-refractivity contribution in [3.63, 3.8) is 0 Å². The van der Waals surface area contributed by atoms with E-state index in [1.165, 1.54) is 15.3 Å². The summed E-state index contributed by atoms with van der Waals surface area (Å²) < 4.78 is 0. The minimum Gasteiger partial charge on any atom is -0.349 e. The van der Waals surface area contributed by atoms with E-state index in [-0.39, 0.29) is 17.4 Å². The third-order valence-electron chi connectivity index (χ3n) is 4.33. The van der Waals surface area contributed by atoms with Crippen molar-refractivity contribution in [2.45, 2.75) is 52.5 Å². The van der Waals surface area contributed by atoms with Gasteiger partial charge >= 0.3 is 0 Å². The molecule has 4 heteroatoms. The second-order valence-corrected chi connectivity index (χ2v) is 7.22. The van der Waals surface area contributed by atoms with E-state index in [0.717, 1.165) is 25.7 Å². The first kappa shape index (κ1) is 14.5. The molecule has 2 rings (SSSR count). The minimum atomic E-state index is -0.312. The third kappa shape index (κ3) is 2.84. The number of carbonyl (C=O) groups is 1. The number of hydrogen-bond donors (Lipinski definition) is 2. The molecule has 3 nitrogen and oxygen atoms in total. The first-order chi connectivity index (χ1) is 8.98. The number of amides is 1. The van der Waals surface area contributed by atoms with Crippen LogP contribution in [-0.2, 0) is 4.79 Å². The number of aryl methyl sites for hydroxylation is 2. The third-order valence-corrected chi connectivity index (χ3v) is 5.31. The zero-order valence-electron chi connectivity index (χ0n) is 12.1. The van der Waals surface area contributed by atoms with Gasteiger partial charge in [-0.1, -0.05) is 12.8 Å². The van der Waals surface area contributed by atoms with Gasteiger partial charge in [-0.3, -0.25) is 4.79 Å². The molecule has 1 saturated carbocycles. The Morgan fingerprint density at radius 3 is 2.58 bits per heavy atom. The second-order valence-electron chi connectivity index (χ2n) is 5.76. The van der Waals surface area contributed by atoms with E-state index in [4.69, 9.17) is 5.73 Å². The molecule has 1 atom stereocenters. The zero-order chi connectivity index (χ0) is 14.0. The van der Waals surface area contributed by atoms with Crippen molar-refractivity contribution >= 4 is 17.2 Å². The molecule has 0 aliphatic heterocycles. The highest BCUT2D eigenvalue weighted by Crippen LogP contribution is 2.38. The fraction of sp³-hybridized carbons (Fsp3) is 0.667. The lowest BCUT2D eigenvalue weighted by molar-refractivity contribution is -0.131. The van der Waals surface area contributed by atoms with Crippen molar-refractivity contribution in [3.8, 4) is 0 Å². The Hall–Kier alpha value is -0.870. The standard InChI is InChI=1S/C15H24N2OS/c1-10-8-13(12(3)19-10)11(2)17-14(18)15(9-16)6-4-5-7-15/h8,11H,4-7,9,16H2,1-3H3,(H,17,18). The summed E-state index contributed by atoms with van der Waals surface area (Å²) in [5, 5.41) is 3.17. The summed E-state index contributed by atoms with van der Waals surface area (Å²) in [5.41, 5.74) is 6.78. The van der Waals surface area contributed by atoms with Crippen molar-refractivity contribution in [1.82, 2.24) is 5.32 Å².